The van der Waals surface area contributed by atoms with E-state index in [0.717, 1.165) is 50.5 Å². The first-order valence-electron chi connectivity index (χ1n) is 14.1. The molecule has 6 rings (SSSR count). The summed E-state index contributed by atoms with van der Waals surface area (Å²) in [6.07, 6.45) is 6.39. The van der Waals surface area contributed by atoms with Gasteiger partial charge in [0.05, 0.1) is 0 Å². The molecular formula is C30H41N5O2. The molecule has 0 saturated carbocycles. The molecule has 4 heterocycles. The Morgan fingerprint density at radius 1 is 1.16 bits per heavy atom. The number of benzene rings is 1. The summed E-state index contributed by atoms with van der Waals surface area (Å²) in [7, 11) is 2.17. The zero-order valence-electron chi connectivity index (χ0n) is 22.4. The largest absolute Gasteiger partial charge is 0.476 e. The number of nitrogens with one attached hydrogen (secondary N) is 1. The summed E-state index contributed by atoms with van der Waals surface area (Å²) in [5, 5.41) is 3.76. The molecule has 7 heteroatoms. The highest BCUT2D eigenvalue weighted by molar-refractivity contribution is 6.01. The number of aliphatic imine (C=N–C) groups is 1. The van der Waals surface area contributed by atoms with Crippen molar-refractivity contribution in [2.75, 3.05) is 46.4 Å². The lowest BCUT2D eigenvalue weighted by atomic mass is 9.96. The lowest BCUT2D eigenvalue weighted by molar-refractivity contribution is 0.0955. The molecule has 2 bridgehead atoms. The van der Waals surface area contributed by atoms with Gasteiger partial charge in [0, 0.05) is 62.3 Å². The topological polar surface area (TPSA) is 60.4 Å². The van der Waals surface area contributed by atoms with Gasteiger partial charge < -0.3 is 19.9 Å². The summed E-state index contributed by atoms with van der Waals surface area (Å²) in [6, 6.07) is 9.84. The van der Waals surface area contributed by atoms with Crippen LogP contribution >= 0.6 is 0 Å². The highest BCUT2D eigenvalue weighted by Gasteiger charge is 2.38. The summed E-state index contributed by atoms with van der Waals surface area (Å²) in [6.45, 7) is 12.0. The average molecular weight is 504 g/mol. The number of Topliss-reactive ketones (excluding diaryl/α,β-unsaturated/α-hetero) is 1. The van der Waals surface area contributed by atoms with Crippen molar-refractivity contribution in [2.45, 2.75) is 69.6 Å². The van der Waals surface area contributed by atoms with Crippen molar-refractivity contribution in [3.63, 3.8) is 0 Å². The van der Waals surface area contributed by atoms with Crippen LogP contribution in [0.3, 0.4) is 0 Å². The fourth-order valence-electron chi connectivity index (χ4n) is 7.11. The molecule has 4 atom stereocenters. The second kappa shape index (κ2) is 10.4. The van der Waals surface area contributed by atoms with Gasteiger partial charge in [-0.3, -0.25) is 9.69 Å². The molecule has 1 aromatic rings. The fourth-order valence-corrected chi connectivity index (χ4v) is 7.11. The van der Waals surface area contributed by atoms with Gasteiger partial charge >= 0.3 is 0 Å². The Balaban J connectivity index is 1.22. The Labute approximate surface area is 221 Å². The summed E-state index contributed by atoms with van der Waals surface area (Å²) < 4.78 is 6.13. The van der Waals surface area contributed by atoms with Crippen LogP contribution < -0.4 is 5.32 Å². The molecule has 5 aliphatic rings. The summed E-state index contributed by atoms with van der Waals surface area (Å²) >= 11 is 0. The number of hydrogen-bond donors (Lipinski definition) is 1. The number of fused-ring (bicyclic) bond motifs is 3. The number of carbonyl (C=O) groups excluding carboxylic acids is 1. The molecule has 0 spiro atoms. The van der Waals surface area contributed by atoms with Crippen LogP contribution in [0.5, 0.6) is 0 Å². The van der Waals surface area contributed by atoms with Gasteiger partial charge in [0.1, 0.15) is 12.4 Å². The predicted molar refractivity (Wildman–Crippen MR) is 147 cm³/mol. The van der Waals surface area contributed by atoms with E-state index >= 15 is 0 Å². The highest BCUT2D eigenvalue weighted by atomic mass is 16.5. The molecule has 3 saturated heterocycles. The molecule has 1 aliphatic carbocycles. The zero-order valence-corrected chi connectivity index (χ0v) is 22.4. The molecule has 3 unspecified atom stereocenters. The molecule has 37 heavy (non-hydrogen) atoms. The smallest absolute Gasteiger partial charge is 0.207 e. The maximum Gasteiger partial charge on any atom is 0.207 e. The Morgan fingerprint density at radius 2 is 1.95 bits per heavy atom. The third kappa shape index (κ3) is 5.01. The number of piperazine rings is 1. The van der Waals surface area contributed by atoms with Crippen LogP contribution in [0, 0.1) is 0 Å². The van der Waals surface area contributed by atoms with E-state index in [1.807, 2.05) is 12.1 Å². The SMILES string of the molecule is C=C(/N=C(\C1=C(C)CN(C2CC(=O)c3ccccc32)CC1)N1CC2CCC(C1)N2)OC[C@@H]1CCCN1C. The van der Waals surface area contributed by atoms with E-state index < -0.39 is 0 Å². The van der Waals surface area contributed by atoms with Gasteiger partial charge in [0.25, 0.3) is 0 Å². The molecule has 0 amide bonds. The molecule has 4 aliphatic heterocycles. The van der Waals surface area contributed by atoms with Crippen LogP contribution in [0.15, 0.2) is 52.9 Å². The van der Waals surface area contributed by atoms with Crippen LogP contribution in [0.25, 0.3) is 0 Å². The number of nitrogens with zero attached hydrogens (tertiary/aromatic N) is 4. The minimum Gasteiger partial charge on any atom is -0.476 e. The summed E-state index contributed by atoms with van der Waals surface area (Å²) in [5.74, 6) is 1.86. The van der Waals surface area contributed by atoms with Crippen molar-refractivity contribution in [3.05, 3.63) is 59.0 Å². The average Bonchev–Trinajstić information content (AvgIpc) is 3.57. The number of amidine groups is 1. The summed E-state index contributed by atoms with van der Waals surface area (Å²) in [4.78, 5) is 25.1. The van der Waals surface area contributed by atoms with E-state index in [0.29, 0.717) is 37.0 Å². The van der Waals surface area contributed by atoms with E-state index in [1.54, 1.807) is 0 Å². The maximum atomic E-state index is 12.6. The Kier molecular flexibility index (Phi) is 6.95. The van der Waals surface area contributed by atoms with Crippen molar-refractivity contribution >= 4 is 11.6 Å². The molecule has 3 fully saturated rings. The van der Waals surface area contributed by atoms with E-state index in [2.05, 4.69) is 52.7 Å². The van der Waals surface area contributed by atoms with Crippen molar-refractivity contribution in [3.8, 4) is 0 Å². The molecular weight excluding hydrogens is 462 g/mol. The second-order valence-corrected chi connectivity index (χ2v) is 11.7. The molecule has 7 nitrogen and oxygen atoms in total. The molecule has 198 valence electrons. The van der Waals surface area contributed by atoms with E-state index in [9.17, 15) is 4.79 Å². The Morgan fingerprint density at radius 3 is 2.68 bits per heavy atom. The fraction of sp³-hybridized carbons (Fsp3) is 0.600. The molecule has 1 aromatic carbocycles. The van der Waals surface area contributed by atoms with Gasteiger partial charge in [-0.05, 0) is 70.3 Å². The van der Waals surface area contributed by atoms with E-state index in [-0.39, 0.29) is 11.8 Å². The van der Waals surface area contributed by atoms with Crippen LogP contribution in [-0.4, -0.2) is 90.8 Å². The van der Waals surface area contributed by atoms with Gasteiger partial charge in [0.15, 0.2) is 5.78 Å². The minimum absolute atomic E-state index is 0.178. The Hall–Kier alpha value is -2.48. The van der Waals surface area contributed by atoms with Crippen molar-refractivity contribution < 1.29 is 9.53 Å². The quantitative estimate of drug-likeness (QED) is 0.363. The number of ether oxygens (including phenoxy) is 1. The first kappa shape index (κ1) is 24.8. The summed E-state index contributed by atoms with van der Waals surface area (Å²) in [5.41, 5.74) is 4.77. The van der Waals surface area contributed by atoms with Crippen LogP contribution in [0.1, 0.15) is 67.4 Å². The van der Waals surface area contributed by atoms with Crippen LogP contribution in [0.2, 0.25) is 0 Å². The molecule has 0 radical (unpaired) electrons. The van der Waals surface area contributed by atoms with E-state index in [1.165, 1.54) is 42.4 Å². The number of ketones is 1. The van der Waals surface area contributed by atoms with Crippen LogP contribution in [-0.2, 0) is 4.74 Å². The number of likely N-dealkylation sites (tertiary alicyclic amines) is 2. The van der Waals surface area contributed by atoms with Gasteiger partial charge in [-0.1, -0.05) is 29.8 Å². The third-order valence-corrected chi connectivity index (χ3v) is 9.17. The minimum atomic E-state index is 0.178. The standard InChI is InChI=1S/C30H41N5O2/c1-20-16-34(28-15-29(36)27-9-5-4-8-26(27)28)14-12-25(20)30(35-17-22-10-11-23(18-35)32-22)31-21(2)37-19-24-7-6-13-33(24)3/h4-5,8-9,22-24,28,32H,2,6-7,10-19H2,1,3H3/b31-30+/t22?,23?,24-,28?/m0/s1. The normalized spacial score (nSPS) is 30.8. The number of carbonyl (C=O) groups is 1. The molecule has 0 aromatic heterocycles. The first-order chi connectivity index (χ1) is 18.0. The second-order valence-electron chi connectivity index (χ2n) is 11.7. The number of hydrogen-bond acceptors (Lipinski definition) is 6. The monoisotopic (exact) mass is 503 g/mol. The van der Waals surface area contributed by atoms with Crippen molar-refractivity contribution in [1.29, 1.82) is 0 Å². The number of rotatable bonds is 6. The number of likely N-dealkylation sites (N-methyl/N-ethyl adjacent to an activating group) is 1. The lowest BCUT2D eigenvalue weighted by Crippen LogP contribution is -2.54. The van der Waals surface area contributed by atoms with Crippen LogP contribution in [0.4, 0.5) is 0 Å². The van der Waals surface area contributed by atoms with Gasteiger partial charge in [-0.2, -0.15) is 4.99 Å². The zero-order chi connectivity index (χ0) is 25.5. The predicted octanol–water partition coefficient (Wildman–Crippen LogP) is 3.75. The Bertz CT molecular complexity index is 1110. The third-order valence-electron chi connectivity index (χ3n) is 9.17. The first-order valence-corrected chi connectivity index (χ1v) is 14.1. The van der Waals surface area contributed by atoms with Crippen molar-refractivity contribution in [1.82, 2.24) is 20.0 Å². The van der Waals surface area contributed by atoms with E-state index in [4.69, 9.17) is 9.73 Å². The van der Waals surface area contributed by atoms with Crippen molar-refractivity contribution in [2.24, 2.45) is 4.99 Å². The maximum absolute atomic E-state index is 12.6. The highest BCUT2D eigenvalue weighted by Crippen LogP contribution is 2.38. The lowest BCUT2D eigenvalue weighted by Gasteiger charge is -2.39. The van der Waals surface area contributed by atoms with Gasteiger partial charge in [-0.15, -0.1) is 0 Å². The van der Waals surface area contributed by atoms with Gasteiger partial charge in [0.2, 0.25) is 5.88 Å². The van der Waals surface area contributed by atoms with Gasteiger partial charge in [-0.25, -0.2) is 0 Å². The molecule has 1 N–H and O–H groups in total.